The van der Waals surface area contributed by atoms with Crippen molar-refractivity contribution in [1.82, 2.24) is 29.1 Å². The molecular weight excluding hydrogens is 428 g/mol. The Labute approximate surface area is 194 Å². The Balaban J connectivity index is 1.49. The third-order valence-electron chi connectivity index (χ3n) is 7.04. The summed E-state index contributed by atoms with van der Waals surface area (Å²) < 4.78 is 4.85. The van der Waals surface area contributed by atoms with Crippen molar-refractivity contribution in [3.8, 4) is 16.8 Å². The average Bonchev–Trinajstić information content (AvgIpc) is 3.75. The van der Waals surface area contributed by atoms with Gasteiger partial charge in [0.05, 0.1) is 16.8 Å². The molecule has 7 rings (SSSR count). The number of hydrogen-bond acceptors (Lipinski definition) is 4. The molecule has 0 aliphatic heterocycles. The minimum Gasteiger partial charge on any atom is -0.289 e. The van der Waals surface area contributed by atoms with E-state index >= 15 is 0 Å². The van der Waals surface area contributed by atoms with Gasteiger partial charge >= 0.3 is 5.69 Å². The van der Waals surface area contributed by atoms with Gasteiger partial charge in [-0.2, -0.15) is 9.78 Å². The number of nitrogens with zero attached hydrogens (tertiary/aromatic N) is 5. The highest BCUT2D eigenvalue weighted by molar-refractivity contribution is 5.90. The lowest BCUT2D eigenvalue weighted by atomic mass is 10.0. The molecule has 3 aromatic heterocycles. The minimum atomic E-state index is -0.238. The Bertz CT molecular complexity index is 1690. The van der Waals surface area contributed by atoms with E-state index in [2.05, 4.69) is 27.3 Å². The standard InChI is InChI=1S/C26H24N6O2/c1-30-14-19-12-20(10-11-21(19)28-30)32-25(33)22(18-8-6-17(7-9-18)16-4-5-16)23-24(29-32)27-26(34)31(23)13-15-2-3-15/h6-12,14-16H,2-5,13H2,1H3,(H,27,29,34). The number of H-pyrrole nitrogens is 1. The SMILES string of the molecule is Cn1cc2cc(-n3nc4[nH]c(=O)n(CC5CC5)c4c(-c4ccc(C5CC5)cc4)c3=O)ccc2n1. The number of benzene rings is 2. The molecule has 170 valence electrons. The molecule has 0 amide bonds. The van der Waals surface area contributed by atoms with Crippen LogP contribution in [0, 0.1) is 5.92 Å². The summed E-state index contributed by atoms with van der Waals surface area (Å²) in [4.78, 5) is 29.8. The predicted molar refractivity (Wildman–Crippen MR) is 130 cm³/mol. The van der Waals surface area contributed by atoms with Crippen LogP contribution in [0.2, 0.25) is 0 Å². The van der Waals surface area contributed by atoms with E-state index < -0.39 is 0 Å². The van der Waals surface area contributed by atoms with E-state index in [0.717, 1.165) is 29.3 Å². The topological polar surface area (TPSA) is 90.5 Å². The molecule has 2 aromatic carbocycles. The molecule has 0 radical (unpaired) electrons. The van der Waals surface area contributed by atoms with Crippen LogP contribution in [0.15, 0.2) is 58.3 Å². The number of nitrogens with one attached hydrogen (secondary N) is 1. The van der Waals surface area contributed by atoms with E-state index in [1.54, 1.807) is 9.25 Å². The number of imidazole rings is 1. The van der Waals surface area contributed by atoms with E-state index in [-0.39, 0.29) is 11.2 Å². The Hall–Kier alpha value is -3.94. The highest BCUT2D eigenvalue weighted by Crippen LogP contribution is 2.40. The Morgan fingerprint density at radius 3 is 2.53 bits per heavy atom. The Kier molecular flexibility index (Phi) is 4.04. The van der Waals surface area contributed by atoms with Crippen molar-refractivity contribution in [2.75, 3.05) is 0 Å². The molecule has 2 fully saturated rings. The van der Waals surface area contributed by atoms with Gasteiger partial charge in [0, 0.05) is 25.2 Å². The smallest absolute Gasteiger partial charge is 0.289 e. The molecule has 34 heavy (non-hydrogen) atoms. The van der Waals surface area contributed by atoms with E-state index in [1.165, 1.54) is 23.1 Å². The number of aromatic amines is 1. The third-order valence-corrected chi connectivity index (χ3v) is 7.04. The van der Waals surface area contributed by atoms with Crippen LogP contribution in [0.3, 0.4) is 0 Å². The molecule has 2 aliphatic carbocycles. The second-order valence-electron chi connectivity index (χ2n) is 9.72. The van der Waals surface area contributed by atoms with E-state index in [0.29, 0.717) is 40.8 Å². The highest BCUT2D eigenvalue weighted by atomic mass is 16.1. The first kappa shape index (κ1) is 19.5. The maximum atomic E-state index is 14.0. The summed E-state index contributed by atoms with van der Waals surface area (Å²) in [5, 5.41) is 9.95. The van der Waals surface area contributed by atoms with Gasteiger partial charge in [0.2, 0.25) is 0 Å². The average molecular weight is 453 g/mol. The Morgan fingerprint density at radius 2 is 1.79 bits per heavy atom. The van der Waals surface area contributed by atoms with Crippen LogP contribution in [-0.2, 0) is 13.6 Å². The van der Waals surface area contributed by atoms with Crippen LogP contribution in [0.5, 0.6) is 0 Å². The first-order valence-corrected chi connectivity index (χ1v) is 11.8. The number of aromatic nitrogens is 6. The van der Waals surface area contributed by atoms with E-state index in [4.69, 9.17) is 0 Å². The second kappa shape index (κ2) is 7.03. The van der Waals surface area contributed by atoms with Crippen molar-refractivity contribution in [1.29, 1.82) is 0 Å². The van der Waals surface area contributed by atoms with Gasteiger partial charge in [0.25, 0.3) is 5.56 Å². The lowest BCUT2D eigenvalue weighted by Gasteiger charge is -2.12. The molecular formula is C26H24N6O2. The summed E-state index contributed by atoms with van der Waals surface area (Å²) >= 11 is 0. The molecule has 0 atom stereocenters. The van der Waals surface area contributed by atoms with Crippen LogP contribution in [0.4, 0.5) is 0 Å². The number of rotatable bonds is 5. The minimum absolute atomic E-state index is 0.217. The molecule has 0 saturated heterocycles. The zero-order valence-electron chi connectivity index (χ0n) is 18.9. The van der Waals surface area contributed by atoms with Crippen LogP contribution in [0.25, 0.3) is 38.9 Å². The fourth-order valence-corrected chi connectivity index (χ4v) is 4.91. The molecule has 8 heteroatoms. The molecule has 3 heterocycles. The molecule has 0 spiro atoms. The first-order chi connectivity index (χ1) is 16.5. The van der Waals surface area contributed by atoms with Gasteiger partial charge in [-0.15, -0.1) is 5.10 Å². The van der Waals surface area contributed by atoms with Gasteiger partial charge in [-0.05, 0) is 66.8 Å². The highest BCUT2D eigenvalue weighted by Gasteiger charge is 2.27. The normalized spacial score (nSPS) is 16.0. The first-order valence-electron chi connectivity index (χ1n) is 11.8. The lowest BCUT2D eigenvalue weighted by molar-refractivity contribution is 0.624. The fraction of sp³-hybridized carbons (Fsp3) is 0.308. The van der Waals surface area contributed by atoms with Gasteiger partial charge in [-0.3, -0.25) is 19.0 Å². The number of fused-ring (bicyclic) bond motifs is 2. The molecule has 2 aliphatic rings. The molecule has 0 unspecified atom stereocenters. The lowest BCUT2D eigenvalue weighted by Crippen LogP contribution is -2.24. The second-order valence-corrected chi connectivity index (χ2v) is 9.72. The zero-order chi connectivity index (χ0) is 23.0. The summed E-state index contributed by atoms with van der Waals surface area (Å²) in [7, 11) is 1.87. The number of hydrogen-bond donors (Lipinski definition) is 1. The van der Waals surface area contributed by atoms with Crippen molar-refractivity contribution >= 4 is 22.1 Å². The van der Waals surface area contributed by atoms with Gasteiger partial charge in [0.15, 0.2) is 5.65 Å². The summed E-state index contributed by atoms with van der Waals surface area (Å²) in [6.07, 6.45) is 6.58. The molecule has 1 N–H and O–H groups in total. The Morgan fingerprint density at radius 1 is 1.00 bits per heavy atom. The third kappa shape index (κ3) is 3.13. The fourth-order valence-electron chi connectivity index (χ4n) is 4.91. The summed E-state index contributed by atoms with van der Waals surface area (Å²) in [6.45, 7) is 0.610. The molecule has 5 aromatic rings. The molecule has 8 nitrogen and oxygen atoms in total. The molecule has 0 bridgehead atoms. The van der Waals surface area contributed by atoms with Crippen LogP contribution < -0.4 is 11.2 Å². The van der Waals surface area contributed by atoms with E-state index in [1.807, 2.05) is 43.6 Å². The van der Waals surface area contributed by atoms with Gasteiger partial charge in [-0.1, -0.05) is 24.3 Å². The summed E-state index contributed by atoms with van der Waals surface area (Å²) in [5.74, 6) is 1.12. The van der Waals surface area contributed by atoms with Gasteiger partial charge in [-0.25, -0.2) is 4.79 Å². The van der Waals surface area contributed by atoms with Crippen molar-refractivity contribution in [2.45, 2.75) is 38.1 Å². The van der Waals surface area contributed by atoms with E-state index in [9.17, 15) is 9.59 Å². The monoisotopic (exact) mass is 452 g/mol. The summed E-state index contributed by atoms with van der Waals surface area (Å²) in [6, 6.07) is 13.9. The number of aryl methyl sites for hydroxylation is 1. The van der Waals surface area contributed by atoms with Crippen LogP contribution >= 0.6 is 0 Å². The predicted octanol–water partition coefficient (Wildman–Crippen LogP) is 3.72. The quantitative estimate of drug-likeness (QED) is 0.440. The van der Waals surface area contributed by atoms with Crippen molar-refractivity contribution in [3.63, 3.8) is 0 Å². The molecule has 2 saturated carbocycles. The van der Waals surface area contributed by atoms with Crippen molar-refractivity contribution in [3.05, 3.63) is 75.1 Å². The summed E-state index contributed by atoms with van der Waals surface area (Å²) in [5.41, 5.74) is 4.68. The van der Waals surface area contributed by atoms with Crippen molar-refractivity contribution < 1.29 is 0 Å². The van der Waals surface area contributed by atoms with Gasteiger partial charge < -0.3 is 0 Å². The van der Waals surface area contributed by atoms with Crippen LogP contribution in [-0.4, -0.2) is 29.1 Å². The maximum absolute atomic E-state index is 14.0. The maximum Gasteiger partial charge on any atom is 0.327 e. The van der Waals surface area contributed by atoms with Gasteiger partial charge in [0.1, 0.15) is 5.52 Å². The van der Waals surface area contributed by atoms with Crippen molar-refractivity contribution in [2.24, 2.45) is 13.0 Å². The van der Waals surface area contributed by atoms with Crippen LogP contribution in [0.1, 0.15) is 37.2 Å². The largest absolute Gasteiger partial charge is 0.327 e. The zero-order valence-corrected chi connectivity index (χ0v) is 18.9.